The molecule has 1 atom stereocenters. The third-order valence-corrected chi connectivity index (χ3v) is 6.48. The van der Waals surface area contributed by atoms with Crippen LogP contribution in [0.5, 0.6) is 0 Å². The molecule has 0 saturated heterocycles. The van der Waals surface area contributed by atoms with Crippen LogP contribution in [-0.4, -0.2) is 25.5 Å². The summed E-state index contributed by atoms with van der Waals surface area (Å²) in [7, 11) is -3.64. The van der Waals surface area contributed by atoms with E-state index in [2.05, 4.69) is 18.6 Å². The maximum Gasteiger partial charge on any atom is 0.345 e. The monoisotopic (exact) mass is 317 g/mol. The van der Waals surface area contributed by atoms with Gasteiger partial charge in [0, 0.05) is 10.9 Å². The van der Waals surface area contributed by atoms with Crippen LogP contribution >= 0.6 is 11.3 Å². The van der Waals surface area contributed by atoms with Gasteiger partial charge in [0.2, 0.25) is 10.0 Å². The van der Waals surface area contributed by atoms with Crippen molar-refractivity contribution < 1.29 is 18.3 Å². The van der Waals surface area contributed by atoms with Gasteiger partial charge in [0.05, 0.1) is 4.90 Å². The molecular weight excluding hydrogens is 298 g/mol. The lowest BCUT2D eigenvalue weighted by Crippen LogP contribution is -2.33. The van der Waals surface area contributed by atoms with Crippen LogP contribution in [0.3, 0.4) is 0 Å². The number of aromatic carboxylic acids is 1. The maximum absolute atomic E-state index is 12.4. The molecule has 112 valence electrons. The summed E-state index contributed by atoms with van der Waals surface area (Å²) < 4.78 is 27.4. The first-order valence-corrected chi connectivity index (χ1v) is 8.77. The lowest BCUT2D eigenvalue weighted by Gasteiger charge is -2.17. The van der Waals surface area contributed by atoms with Crippen LogP contribution in [0.25, 0.3) is 0 Å². The minimum atomic E-state index is -3.64. The molecule has 0 bridgehead atoms. The molecule has 1 aromatic heterocycles. The van der Waals surface area contributed by atoms with Crippen molar-refractivity contribution >= 4 is 27.3 Å². The number of hydrogen-bond acceptors (Lipinski definition) is 4. The fourth-order valence-corrected chi connectivity index (χ4v) is 5.36. The summed E-state index contributed by atoms with van der Waals surface area (Å²) in [6.45, 7) is 5.88. The van der Waals surface area contributed by atoms with Crippen molar-refractivity contribution in [2.75, 3.05) is 0 Å². The highest BCUT2D eigenvalue weighted by Crippen LogP contribution is 2.37. The Morgan fingerprint density at radius 3 is 2.60 bits per heavy atom. The molecule has 2 rings (SSSR count). The molecule has 1 saturated carbocycles. The molecule has 2 N–H and O–H groups in total. The van der Waals surface area contributed by atoms with E-state index in [-0.39, 0.29) is 21.2 Å². The second-order valence-electron chi connectivity index (χ2n) is 6.06. The van der Waals surface area contributed by atoms with Crippen molar-refractivity contribution in [2.24, 2.45) is 5.41 Å². The Bertz CT molecular complexity index is 631. The second kappa shape index (κ2) is 5.13. The molecule has 1 aliphatic rings. The van der Waals surface area contributed by atoms with Gasteiger partial charge in [-0.2, -0.15) is 0 Å². The van der Waals surface area contributed by atoms with Gasteiger partial charge < -0.3 is 5.11 Å². The number of aryl methyl sites for hydroxylation is 1. The minimum absolute atomic E-state index is 0.0506. The fourth-order valence-electron chi connectivity index (χ4n) is 2.66. The first kappa shape index (κ1) is 15.5. The molecule has 1 unspecified atom stereocenters. The van der Waals surface area contributed by atoms with Crippen molar-refractivity contribution in [1.29, 1.82) is 0 Å². The summed E-state index contributed by atoms with van der Waals surface area (Å²) in [5, 5.41) is 8.94. The van der Waals surface area contributed by atoms with Crippen LogP contribution in [0.15, 0.2) is 11.0 Å². The molecule has 0 aromatic carbocycles. The Morgan fingerprint density at radius 1 is 1.50 bits per heavy atom. The molecule has 1 fully saturated rings. The van der Waals surface area contributed by atoms with E-state index in [1.54, 1.807) is 6.92 Å². The van der Waals surface area contributed by atoms with Crippen LogP contribution in [0.4, 0.5) is 0 Å². The molecule has 5 nitrogen and oxygen atoms in total. The number of nitrogens with one attached hydrogen (secondary N) is 1. The summed E-state index contributed by atoms with van der Waals surface area (Å²) in [4.78, 5) is 11.6. The Balaban J connectivity index is 2.21. The van der Waals surface area contributed by atoms with Gasteiger partial charge in [0.25, 0.3) is 0 Å². The summed E-state index contributed by atoms with van der Waals surface area (Å²) in [6.07, 6.45) is 2.62. The first-order chi connectivity index (χ1) is 9.11. The predicted molar refractivity (Wildman–Crippen MR) is 77.8 cm³/mol. The first-order valence-electron chi connectivity index (χ1n) is 6.47. The summed E-state index contributed by atoms with van der Waals surface area (Å²) in [5.74, 6) is -1.10. The Hall–Kier alpha value is -0.920. The van der Waals surface area contributed by atoms with E-state index in [0.29, 0.717) is 4.88 Å². The van der Waals surface area contributed by atoms with Gasteiger partial charge in [0.15, 0.2) is 0 Å². The number of carboxylic acids is 1. The normalized spacial score (nSPS) is 22.1. The van der Waals surface area contributed by atoms with Crippen LogP contribution in [0.1, 0.15) is 47.7 Å². The van der Waals surface area contributed by atoms with E-state index in [1.807, 2.05) is 0 Å². The molecule has 20 heavy (non-hydrogen) atoms. The minimum Gasteiger partial charge on any atom is -0.477 e. The average molecular weight is 317 g/mol. The van der Waals surface area contributed by atoms with Gasteiger partial charge in [-0.3, -0.25) is 0 Å². The number of carbonyl (C=O) groups is 1. The van der Waals surface area contributed by atoms with Crippen LogP contribution in [-0.2, 0) is 10.0 Å². The quantitative estimate of drug-likeness (QED) is 0.894. The molecule has 0 radical (unpaired) electrons. The number of carboxylic acid groups (broad SMARTS) is 1. The standard InChI is InChI=1S/C13H19NO4S2/c1-8-11(6-10(19-8)12(15)16)20(17,18)14-9-4-5-13(2,3)7-9/h6,9,14H,4-5,7H2,1-3H3,(H,15,16). The van der Waals surface area contributed by atoms with Crippen molar-refractivity contribution in [3.8, 4) is 0 Å². The van der Waals surface area contributed by atoms with Crippen molar-refractivity contribution in [2.45, 2.75) is 51.0 Å². The van der Waals surface area contributed by atoms with Crippen LogP contribution in [0.2, 0.25) is 0 Å². The van der Waals surface area contributed by atoms with Crippen molar-refractivity contribution in [1.82, 2.24) is 4.72 Å². The van der Waals surface area contributed by atoms with Crippen LogP contribution in [0, 0.1) is 12.3 Å². The van der Waals surface area contributed by atoms with Gasteiger partial charge in [-0.15, -0.1) is 11.3 Å². The largest absolute Gasteiger partial charge is 0.477 e. The van der Waals surface area contributed by atoms with Gasteiger partial charge in [-0.1, -0.05) is 13.8 Å². The van der Waals surface area contributed by atoms with Gasteiger partial charge in [-0.05, 0) is 37.7 Å². The zero-order chi connectivity index (χ0) is 15.1. The summed E-state index contributed by atoms with van der Waals surface area (Å²) >= 11 is 0.988. The zero-order valence-corrected chi connectivity index (χ0v) is 13.4. The fraction of sp³-hybridized carbons (Fsp3) is 0.615. The van der Waals surface area contributed by atoms with Gasteiger partial charge >= 0.3 is 5.97 Å². The molecule has 0 spiro atoms. The number of rotatable bonds is 4. The van der Waals surface area contributed by atoms with E-state index in [4.69, 9.17) is 5.11 Å². The predicted octanol–water partition coefficient (Wildman–Crippen LogP) is 2.61. The molecule has 1 aliphatic carbocycles. The molecule has 1 aromatic rings. The van der Waals surface area contributed by atoms with Crippen molar-refractivity contribution in [3.05, 3.63) is 15.8 Å². The number of thiophene rings is 1. The van der Waals surface area contributed by atoms with Crippen molar-refractivity contribution in [3.63, 3.8) is 0 Å². The SMILES string of the molecule is Cc1sc(C(=O)O)cc1S(=O)(=O)NC1CCC(C)(C)C1. The molecule has 1 heterocycles. The van der Waals surface area contributed by atoms with E-state index >= 15 is 0 Å². The highest BCUT2D eigenvalue weighted by molar-refractivity contribution is 7.89. The molecule has 0 aliphatic heterocycles. The lowest BCUT2D eigenvalue weighted by atomic mass is 9.92. The van der Waals surface area contributed by atoms with E-state index in [0.717, 1.165) is 30.6 Å². The third kappa shape index (κ3) is 3.21. The van der Waals surface area contributed by atoms with Gasteiger partial charge in [-0.25, -0.2) is 17.9 Å². The highest BCUT2D eigenvalue weighted by atomic mass is 32.2. The average Bonchev–Trinajstić information content (AvgIpc) is 2.82. The summed E-state index contributed by atoms with van der Waals surface area (Å²) in [6, 6.07) is 1.17. The van der Waals surface area contributed by atoms with E-state index in [9.17, 15) is 13.2 Å². The Labute approximate surface area is 123 Å². The Morgan fingerprint density at radius 2 is 2.15 bits per heavy atom. The van der Waals surface area contributed by atoms with E-state index in [1.165, 1.54) is 6.07 Å². The van der Waals surface area contributed by atoms with E-state index < -0.39 is 16.0 Å². The highest BCUT2D eigenvalue weighted by Gasteiger charge is 2.34. The Kier molecular flexibility index (Phi) is 3.96. The lowest BCUT2D eigenvalue weighted by molar-refractivity contribution is 0.0702. The van der Waals surface area contributed by atoms with Crippen LogP contribution < -0.4 is 4.72 Å². The second-order valence-corrected chi connectivity index (χ2v) is 9.00. The topological polar surface area (TPSA) is 83.5 Å². The maximum atomic E-state index is 12.4. The smallest absolute Gasteiger partial charge is 0.345 e. The summed E-state index contributed by atoms with van der Waals surface area (Å²) in [5.41, 5.74) is 0.156. The molecule has 0 amide bonds. The molecule has 7 heteroatoms. The number of hydrogen-bond donors (Lipinski definition) is 2. The zero-order valence-electron chi connectivity index (χ0n) is 11.8. The third-order valence-electron chi connectivity index (χ3n) is 3.66. The number of sulfonamides is 1. The molecular formula is C13H19NO4S2. The van der Waals surface area contributed by atoms with Gasteiger partial charge in [0.1, 0.15) is 4.88 Å².